The molecule has 0 aliphatic carbocycles. The molecule has 2 unspecified atom stereocenters. The second kappa shape index (κ2) is 4.72. The lowest BCUT2D eigenvalue weighted by Gasteiger charge is -2.15. The van der Waals surface area contributed by atoms with Crippen molar-refractivity contribution in [3.8, 4) is 0 Å². The van der Waals surface area contributed by atoms with E-state index in [2.05, 4.69) is 0 Å². The van der Waals surface area contributed by atoms with E-state index in [1.165, 1.54) is 0 Å². The van der Waals surface area contributed by atoms with E-state index in [9.17, 15) is 15.2 Å². The lowest BCUT2D eigenvalue weighted by atomic mass is 9.95. The van der Waals surface area contributed by atoms with Crippen molar-refractivity contribution in [2.45, 2.75) is 18.9 Å². The Morgan fingerprint density at radius 3 is 2.50 bits per heavy atom. The monoisotopic (exact) mass is 195 g/mol. The van der Waals surface area contributed by atoms with Gasteiger partial charge in [-0.2, -0.15) is 0 Å². The zero-order valence-electron chi connectivity index (χ0n) is 7.96. The minimum Gasteiger partial charge on any atom is -0.386 e. The molecule has 1 rings (SSSR count). The quantitative estimate of drug-likeness (QED) is 0.583. The maximum Gasteiger partial charge on any atom is 0.230 e. The van der Waals surface area contributed by atoms with Crippen LogP contribution in [0.3, 0.4) is 0 Å². The molecule has 4 heteroatoms. The maximum absolute atomic E-state index is 10.2. The Kier molecular flexibility index (Phi) is 3.59. The van der Waals surface area contributed by atoms with E-state index in [4.69, 9.17) is 0 Å². The molecule has 0 aliphatic heterocycles. The Balaban J connectivity index is 2.65. The smallest absolute Gasteiger partial charge is 0.230 e. The molecule has 0 aliphatic rings. The fraction of sp³-hybridized carbons (Fsp3) is 0.400. The highest BCUT2D eigenvalue weighted by atomic mass is 16.6. The highest BCUT2D eigenvalue weighted by Gasteiger charge is 2.20. The van der Waals surface area contributed by atoms with Crippen molar-refractivity contribution in [2.75, 3.05) is 6.54 Å². The Morgan fingerprint density at radius 2 is 2.00 bits per heavy atom. The number of hydrogen-bond donors (Lipinski definition) is 1. The number of aliphatic hydroxyl groups excluding tert-OH is 1. The first kappa shape index (κ1) is 10.7. The number of hydrogen-bond acceptors (Lipinski definition) is 3. The standard InChI is InChI=1S/C10H13NO3/c1-8(10(12)7-11(13)14)9-5-3-2-4-6-9/h2-6,8,10,12H,7H2,1H3. The molecule has 0 saturated heterocycles. The summed E-state index contributed by atoms with van der Waals surface area (Å²) in [5.41, 5.74) is 0.918. The summed E-state index contributed by atoms with van der Waals surface area (Å²) in [5.74, 6) is -0.207. The topological polar surface area (TPSA) is 63.4 Å². The molecule has 0 heterocycles. The van der Waals surface area contributed by atoms with Crippen LogP contribution in [0.5, 0.6) is 0 Å². The van der Waals surface area contributed by atoms with Crippen LogP contribution in [0.15, 0.2) is 30.3 Å². The van der Waals surface area contributed by atoms with Gasteiger partial charge in [-0.05, 0) is 5.56 Å². The molecule has 4 nitrogen and oxygen atoms in total. The van der Waals surface area contributed by atoms with Gasteiger partial charge in [0.1, 0.15) is 6.10 Å². The molecule has 76 valence electrons. The molecule has 0 aromatic heterocycles. The van der Waals surface area contributed by atoms with Crippen molar-refractivity contribution < 1.29 is 10.0 Å². The number of rotatable bonds is 4. The van der Waals surface area contributed by atoms with Gasteiger partial charge < -0.3 is 5.11 Å². The van der Waals surface area contributed by atoms with E-state index in [1.54, 1.807) is 6.92 Å². The van der Waals surface area contributed by atoms with Gasteiger partial charge in [0.15, 0.2) is 0 Å². The van der Waals surface area contributed by atoms with Crippen LogP contribution in [0, 0.1) is 10.1 Å². The predicted octanol–water partition coefficient (Wildman–Crippen LogP) is 1.43. The third-order valence-corrected chi connectivity index (χ3v) is 2.24. The second-order valence-electron chi connectivity index (χ2n) is 3.28. The Hall–Kier alpha value is -1.42. The normalized spacial score (nSPS) is 14.7. The van der Waals surface area contributed by atoms with Crippen LogP contribution >= 0.6 is 0 Å². The van der Waals surface area contributed by atoms with Gasteiger partial charge in [0.05, 0.1) is 0 Å². The fourth-order valence-electron chi connectivity index (χ4n) is 1.29. The van der Waals surface area contributed by atoms with Gasteiger partial charge >= 0.3 is 0 Å². The highest BCUT2D eigenvalue weighted by Crippen LogP contribution is 2.18. The summed E-state index contributed by atoms with van der Waals surface area (Å²) in [5, 5.41) is 19.7. The molecule has 0 amide bonds. The lowest BCUT2D eigenvalue weighted by molar-refractivity contribution is -0.491. The van der Waals surface area contributed by atoms with Crippen molar-refractivity contribution in [3.63, 3.8) is 0 Å². The molecule has 2 atom stereocenters. The van der Waals surface area contributed by atoms with E-state index >= 15 is 0 Å². The first-order valence-corrected chi connectivity index (χ1v) is 4.46. The molecular weight excluding hydrogens is 182 g/mol. The molecule has 1 aromatic carbocycles. The van der Waals surface area contributed by atoms with Crippen LogP contribution in [-0.2, 0) is 0 Å². The van der Waals surface area contributed by atoms with Gasteiger partial charge in [-0.15, -0.1) is 0 Å². The average molecular weight is 195 g/mol. The average Bonchev–Trinajstić information content (AvgIpc) is 2.17. The maximum atomic E-state index is 10.2. The Bertz CT molecular complexity index is 299. The van der Waals surface area contributed by atoms with Gasteiger partial charge in [0.25, 0.3) is 0 Å². The largest absolute Gasteiger partial charge is 0.386 e. The zero-order valence-corrected chi connectivity index (χ0v) is 7.96. The van der Waals surface area contributed by atoms with Gasteiger partial charge in [-0.3, -0.25) is 10.1 Å². The number of nitrogens with zero attached hydrogens (tertiary/aromatic N) is 1. The molecule has 1 aromatic rings. The molecule has 0 saturated carbocycles. The molecule has 0 fully saturated rings. The van der Waals surface area contributed by atoms with Crippen LogP contribution in [-0.4, -0.2) is 22.7 Å². The van der Waals surface area contributed by atoms with Crippen molar-refractivity contribution in [3.05, 3.63) is 46.0 Å². The molecular formula is C10H13NO3. The van der Waals surface area contributed by atoms with Crippen molar-refractivity contribution in [1.29, 1.82) is 0 Å². The summed E-state index contributed by atoms with van der Waals surface area (Å²) in [6, 6.07) is 9.28. The SMILES string of the molecule is CC(c1ccccc1)C(O)C[N+](=O)[O-]. The molecule has 1 N–H and O–H groups in total. The van der Waals surface area contributed by atoms with Gasteiger partial charge in [-0.1, -0.05) is 37.3 Å². The van der Waals surface area contributed by atoms with Crippen molar-refractivity contribution >= 4 is 0 Å². The zero-order chi connectivity index (χ0) is 10.6. The third-order valence-electron chi connectivity index (χ3n) is 2.24. The van der Waals surface area contributed by atoms with Gasteiger partial charge in [-0.25, -0.2) is 0 Å². The summed E-state index contributed by atoms with van der Waals surface area (Å²) >= 11 is 0. The summed E-state index contributed by atoms with van der Waals surface area (Å²) < 4.78 is 0. The summed E-state index contributed by atoms with van der Waals surface area (Å²) in [4.78, 5) is 9.70. The summed E-state index contributed by atoms with van der Waals surface area (Å²) in [6.45, 7) is 1.37. The Labute approximate surface area is 82.3 Å². The lowest BCUT2D eigenvalue weighted by Crippen LogP contribution is -2.25. The molecule has 0 bridgehead atoms. The molecule has 0 spiro atoms. The van der Waals surface area contributed by atoms with Crippen molar-refractivity contribution in [2.24, 2.45) is 0 Å². The van der Waals surface area contributed by atoms with Gasteiger partial charge in [0.2, 0.25) is 6.54 Å². The number of nitro groups is 1. The minimum atomic E-state index is -0.924. The van der Waals surface area contributed by atoms with E-state index in [0.29, 0.717) is 0 Å². The predicted molar refractivity (Wildman–Crippen MR) is 52.7 cm³/mol. The van der Waals surface area contributed by atoms with E-state index in [1.807, 2.05) is 30.3 Å². The third kappa shape index (κ3) is 2.81. The minimum absolute atomic E-state index is 0.207. The van der Waals surface area contributed by atoms with Crippen LogP contribution in [0.2, 0.25) is 0 Å². The number of aliphatic hydroxyl groups is 1. The van der Waals surface area contributed by atoms with Crippen molar-refractivity contribution in [1.82, 2.24) is 0 Å². The van der Waals surface area contributed by atoms with E-state index in [0.717, 1.165) is 5.56 Å². The highest BCUT2D eigenvalue weighted by molar-refractivity contribution is 5.19. The molecule has 0 radical (unpaired) electrons. The first-order chi connectivity index (χ1) is 6.61. The van der Waals surface area contributed by atoms with Crippen LogP contribution in [0.25, 0.3) is 0 Å². The summed E-state index contributed by atoms with van der Waals surface area (Å²) in [6.07, 6.45) is -0.924. The van der Waals surface area contributed by atoms with Crippen LogP contribution in [0.4, 0.5) is 0 Å². The summed E-state index contributed by atoms with van der Waals surface area (Å²) in [7, 11) is 0. The van der Waals surface area contributed by atoms with Gasteiger partial charge in [0, 0.05) is 10.8 Å². The van der Waals surface area contributed by atoms with E-state index in [-0.39, 0.29) is 5.92 Å². The Morgan fingerprint density at radius 1 is 1.43 bits per heavy atom. The second-order valence-corrected chi connectivity index (χ2v) is 3.28. The fourth-order valence-corrected chi connectivity index (χ4v) is 1.29. The van der Waals surface area contributed by atoms with Crippen LogP contribution < -0.4 is 0 Å². The van der Waals surface area contributed by atoms with E-state index < -0.39 is 17.6 Å². The van der Waals surface area contributed by atoms with Crippen LogP contribution in [0.1, 0.15) is 18.4 Å². The molecule has 14 heavy (non-hydrogen) atoms. The first-order valence-electron chi connectivity index (χ1n) is 4.46. The number of benzene rings is 1.